The summed E-state index contributed by atoms with van der Waals surface area (Å²) in [5.41, 5.74) is -0.488. The lowest BCUT2D eigenvalue weighted by molar-refractivity contribution is 0.0984. The molecular weight excluding hydrogens is 308 g/mol. The van der Waals surface area contributed by atoms with Crippen molar-refractivity contribution in [3.63, 3.8) is 0 Å². The van der Waals surface area contributed by atoms with E-state index >= 15 is 0 Å². The fraction of sp³-hybridized carbons (Fsp3) is 1.00. The van der Waals surface area contributed by atoms with Crippen LogP contribution in [0.15, 0.2) is 0 Å². The van der Waals surface area contributed by atoms with Crippen molar-refractivity contribution in [2.75, 3.05) is 0 Å². The molecule has 0 amide bonds. The van der Waals surface area contributed by atoms with Crippen molar-refractivity contribution < 1.29 is 0 Å². The van der Waals surface area contributed by atoms with Crippen LogP contribution in [0, 0.1) is 0 Å². The lowest BCUT2D eigenvalue weighted by atomic mass is 9.75. The third kappa shape index (κ3) is 5.06. The maximum Gasteiger partial charge on any atom is 0.0307 e. The summed E-state index contributed by atoms with van der Waals surface area (Å²) in [7, 11) is 0. The Morgan fingerprint density at radius 2 is 0.591 bits per heavy atom. The Morgan fingerprint density at radius 3 is 0.727 bits per heavy atom. The first-order valence-corrected chi connectivity index (χ1v) is 9.09. The summed E-state index contributed by atoms with van der Waals surface area (Å²) in [6.07, 6.45) is 0. The zero-order valence-electron chi connectivity index (χ0n) is 16.9. The van der Waals surface area contributed by atoms with E-state index in [1.807, 2.05) is 0 Å². The van der Waals surface area contributed by atoms with Gasteiger partial charge in [0.1, 0.15) is 0 Å². The predicted molar refractivity (Wildman–Crippen MR) is 109 cm³/mol. The van der Waals surface area contributed by atoms with Gasteiger partial charge in [0.25, 0.3) is 0 Å². The van der Waals surface area contributed by atoms with E-state index in [0.717, 1.165) is 0 Å². The SMILES string of the molecule is CC(C)(S)C(C)(C)NC(C)(C)C(C)(C)NC(C)(C)C(C)(C)S. The lowest BCUT2D eigenvalue weighted by Gasteiger charge is -2.55. The maximum atomic E-state index is 4.78. The summed E-state index contributed by atoms with van der Waals surface area (Å²) in [6, 6.07) is 0. The normalized spacial score (nSPS) is 16.1. The van der Waals surface area contributed by atoms with Crippen LogP contribution in [0.4, 0.5) is 0 Å². The van der Waals surface area contributed by atoms with E-state index in [2.05, 4.69) is 93.7 Å². The van der Waals surface area contributed by atoms with Crippen molar-refractivity contribution in [3.8, 4) is 0 Å². The van der Waals surface area contributed by atoms with E-state index in [9.17, 15) is 0 Å². The van der Waals surface area contributed by atoms with E-state index in [1.54, 1.807) is 0 Å². The van der Waals surface area contributed by atoms with Gasteiger partial charge in [-0.3, -0.25) is 0 Å². The maximum absolute atomic E-state index is 4.78. The van der Waals surface area contributed by atoms with Crippen LogP contribution >= 0.6 is 25.3 Å². The Labute approximate surface area is 150 Å². The van der Waals surface area contributed by atoms with E-state index < -0.39 is 0 Å². The lowest BCUT2D eigenvalue weighted by Crippen LogP contribution is -2.74. The molecule has 2 N–H and O–H groups in total. The predicted octanol–water partition coefficient (Wildman–Crippen LogP) is 4.70. The molecule has 0 aromatic rings. The molecule has 0 aliphatic rings. The average molecular weight is 349 g/mol. The molecule has 22 heavy (non-hydrogen) atoms. The molecule has 2 nitrogen and oxygen atoms in total. The Bertz CT molecular complexity index is 345. The monoisotopic (exact) mass is 348 g/mol. The van der Waals surface area contributed by atoms with Crippen LogP contribution in [0.1, 0.15) is 83.1 Å². The minimum absolute atomic E-state index is 0.112. The van der Waals surface area contributed by atoms with Gasteiger partial charge in [-0.15, -0.1) is 0 Å². The molecule has 0 aromatic carbocycles. The van der Waals surface area contributed by atoms with Crippen molar-refractivity contribution >= 4 is 25.3 Å². The summed E-state index contributed by atoms with van der Waals surface area (Å²) in [5, 5.41) is 7.65. The van der Waals surface area contributed by atoms with Gasteiger partial charge in [0.2, 0.25) is 0 Å². The van der Waals surface area contributed by atoms with Crippen molar-refractivity contribution in [1.82, 2.24) is 10.6 Å². The van der Waals surface area contributed by atoms with Crippen LogP contribution in [0.25, 0.3) is 0 Å². The van der Waals surface area contributed by atoms with Crippen molar-refractivity contribution in [1.29, 1.82) is 0 Å². The van der Waals surface area contributed by atoms with Gasteiger partial charge >= 0.3 is 0 Å². The zero-order valence-corrected chi connectivity index (χ0v) is 18.7. The fourth-order valence-corrected chi connectivity index (χ4v) is 2.29. The molecule has 0 heterocycles. The highest BCUT2D eigenvalue weighted by Crippen LogP contribution is 2.36. The summed E-state index contributed by atoms with van der Waals surface area (Å²) < 4.78 is -0.253. The summed E-state index contributed by atoms with van der Waals surface area (Å²) in [4.78, 5) is 0. The average Bonchev–Trinajstić information content (AvgIpc) is 2.09. The molecule has 0 aliphatic heterocycles. The molecule has 0 aliphatic carbocycles. The summed E-state index contributed by atoms with van der Waals surface area (Å²) in [6.45, 7) is 26.5. The Balaban J connectivity index is 5.44. The first-order valence-electron chi connectivity index (χ1n) is 8.20. The van der Waals surface area contributed by atoms with Gasteiger partial charge in [-0.1, -0.05) is 0 Å². The molecule has 0 saturated heterocycles. The topological polar surface area (TPSA) is 24.1 Å². The summed E-state index contributed by atoms with van der Waals surface area (Å²) in [5.74, 6) is 0. The van der Waals surface area contributed by atoms with Crippen LogP contribution in [-0.4, -0.2) is 31.6 Å². The Hall–Kier alpha value is 0.620. The number of nitrogens with one attached hydrogen (secondary N) is 2. The molecule has 0 rings (SSSR count). The van der Waals surface area contributed by atoms with Gasteiger partial charge in [-0.25, -0.2) is 0 Å². The molecule has 0 unspecified atom stereocenters. The molecule has 0 radical (unpaired) electrons. The van der Waals surface area contributed by atoms with Crippen molar-refractivity contribution in [3.05, 3.63) is 0 Å². The second-order valence-electron chi connectivity index (χ2n) is 9.87. The van der Waals surface area contributed by atoms with E-state index in [4.69, 9.17) is 25.3 Å². The minimum atomic E-state index is -0.132. The third-order valence-electron chi connectivity index (χ3n) is 5.87. The number of hydrogen-bond donors (Lipinski definition) is 4. The smallest absolute Gasteiger partial charge is 0.0307 e. The molecule has 0 fully saturated rings. The Kier molecular flexibility index (Phi) is 6.34. The first-order chi connectivity index (χ1) is 9.16. The van der Waals surface area contributed by atoms with E-state index in [1.165, 1.54) is 0 Å². The van der Waals surface area contributed by atoms with Gasteiger partial charge < -0.3 is 10.6 Å². The molecule has 4 heteroatoms. The molecule has 0 saturated carbocycles. The van der Waals surface area contributed by atoms with Crippen LogP contribution in [0.5, 0.6) is 0 Å². The molecule has 0 aromatic heterocycles. The highest BCUT2D eigenvalue weighted by atomic mass is 32.1. The van der Waals surface area contributed by atoms with Crippen LogP contribution in [0.2, 0.25) is 0 Å². The van der Waals surface area contributed by atoms with Crippen LogP contribution < -0.4 is 10.6 Å². The minimum Gasteiger partial charge on any atom is -0.304 e. The van der Waals surface area contributed by atoms with E-state index in [-0.39, 0.29) is 31.6 Å². The number of rotatable bonds is 7. The van der Waals surface area contributed by atoms with Gasteiger partial charge in [-0.05, 0) is 83.1 Å². The van der Waals surface area contributed by atoms with Crippen molar-refractivity contribution in [2.24, 2.45) is 0 Å². The van der Waals surface area contributed by atoms with Gasteiger partial charge in [0, 0.05) is 31.6 Å². The molecule has 0 bridgehead atoms. The fourth-order valence-electron chi connectivity index (χ4n) is 2.18. The second-order valence-corrected chi connectivity index (χ2v) is 12.1. The third-order valence-corrected chi connectivity index (χ3v) is 6.99. The van der Waals surface area contributed by atoms with Gasteiger partial charge in [0.15, 0.2) is 0 Å². The number of thiol groups is 2. The quantitative estimate of drug-likeness (QED) is 0.502. The molecule has 134 valence electrons. The van der Waals surface area contributed by atoms with Gasteiger partial charge in [0.05, 0.1) is 0 Å². The highest BCUT2D eigenvalue weighted by molar-refractivity contribution is 7.82. The highest BCUT2D eigenvalue weighted by Gasteiger charge is 2.48. The van der Waals surface area contributed by atoms with Gasteiger partial charge in [-0.2, -0.15) is 25.3 Å². The molecular formula is C18H40N2S2. The Morgan fingerprint density at radius 1 is 0.409 bits per heavy atom. The van der Waals surface area contributed by atoms with Crippen molar-refractivity contribution in [2.45, 2.75) is 115 Å². The van der Waals surface area contributed by atoms with E-state index in [0.29, 0.717) is 0 Å². The van der Waals surface area contributed by atoms with Crippen LogP contribution in [0.3, 0.4) is 0 Å². The largest absolute Gasteiger partial charge is 0.304 e. The molecule has 0 spiro atoms. The van der Waals surface area contributed by atoms with Crippen LogP contribution in [-0.2, 0) is 0 Å². The number of hydrogen-bond acceptors (Lipinski definition) is 4. The molecule has 0 atom stereocenters. The summed E-state index contributed by atoms with van der Waals surface area (Å²) >= 11 is 9.56. The zero-order chi connectivity index (χ0) is 18.4. The first kappa shape index (κ1) is 22.6. The second kappa shape index (κ2) is 6.16. The standard InChI is InChI=1S/C18H40N2S2/c1-13(2,19-15(5,6)17(9,10)21)14(3,4)20-16(7,8)18(11,12)22/h19-22H,1-12H3.